The number of carbonyl (C=O) groups excluding carboxylic acids is 1. The van der Waals surface area contributed by atoms with E-state index >= 15 is 0 Å². The number of amides is 1. The molecule has 2 aliphatic heterocycles. The number of fused-ring (bicyclic) bond motifs is 2. The Morgan fingerprint density at radius 3 is 2.62 bits per heavy atom. The van der Waals surface area contributed by atoms with E-state index < -0.39 is 0 Å². The third kappa shape index (κ3) is 3.54. The number of carbonyl (C=O) groups is 1. The molecule has 2 aromatic heterocycles. The highest BCUT2D eigenvalue weighted by Gasteiger charge is 2.39. The van der Waals surface area contributed by atoms with Crippen molar-refractivity contribution in [2.75, 3.05) is 26.3 Å². The smallest absolute Gasteiger partial charge is 0.223 e. The molecule has 0 N–H and O–H groups in total. The Morgan fingerprint density at radius 1 is 1.14 bits per heavy atom. The lowest BCUT2D eigenvalue weighted by molar-refractivity contribution is -0.131. The molecule has 8 nitrogen and oxygen atoms in total. The van der Waals surface area contributed by atoms with E-state index in [1.807, 2.05) is 47.2 Å². The fourth-order valence-electron chi connectivity index (χ4n) is 4.25. The van der Waals surface area contributed by atoms with Gasteiger partial charge in [0.15, 0.2) is 0 Å². The lowest BCUT2D eigenvalue weighted by atomic mass is 10.2. The fourth-order valence-corrected chi connectivity index (χ4v) is 4.25. The molecule has 1 aromatic carbocycles. The number of para-hydroxylation sites is 2. The maximum Gasteiger partial charge on any atom is 0.223 e. The van der Waals surface area contributed by atoms with E-state index in [9.17, 15) is 4.79 Å². The predicted molar refractivity (Wildman–Crippen MR) is 106 cm³/mol. The Balaban J connectivity index is 1.19. The number of likely N-dealkylation sites (tertiary alicyclic amines) is 1. The summed E-state index contributed by atoms with van der Waals surface area (Å²) < 4.78 is 16.3. The highest BCUT2D eigenvalue weighted by Crippen LogP contribution is 2.26. The first-order chi connectivity index (χ1) is 14.2. The SMILES string of the molecule is Cn1nccc1CCC(=O)N1C[C@@H]2OCC(n3cnc4ccccc43)CO[C@H]2C1. The molecule has 4 heterocycles. The van der Waals surface area contributed by atoms with Gasteiger partial charge in [0.05, 0.1) is 36.6 Å². The largest absolute Gasteiger partial charge is 0.371 e. The minimum Gasteiger partial charge on any atom is -0.371 e. The zero-order chi connectivity index (χ0) is 19.8. The normalized spacial score (nSPS) is 22.7. The highest BCUT2D eigenvalue weighted by molar-refractivity contribution is 5.77. The molecule has 152 valence electrons. The van der Waals surface area contributed by atoms with Crippen LogP contribution < -0.4 is 0 Å². The second kappa shape index (κ2) is 7.61. The Bertz CT molecular complexity index is 997. The van der Waals surface area contributed by atoms with E-state index in [0.29, 0.717) is 39.1 Å². The Labute approximate surface area is 169 Å². The van der Waals surface area contributed by atoms with Gasteiger partial charge in [-0.25, -0.2) is 4.98 Å². The van der Waals surface area contributed by atoms with Gasteiger partial charge in [-0.3, -0.25) is 9.48 Å². The van der Waals surface area contributed by atoms with Gasteiger partial charge in [-0.2, -0.15) is 5.10 Å². The van der Waals surface area contributed by atoms with Crippen LogP contribution in [-0.4, -0.2) is 68.6 Å². The van der Waals surface area contributed by atoms with Crippen molar-refractivity contribution in [2.45, 2.75) is 31.1 Å². The number of hydrogen-bond acceptors (Lipinski definition) is 5. The zero-order valence-electron chi connectivity index (χ0n) is 16.5. The van der Waals surface area contributed by atoms with Crippen LogP contribution in [0.4, 0.5) is 0 Å². The maximum absolute atomic E-state index is 12.7. The highest BCUT2D eigenvalue weighted by atomic mass is 16.6. The van der Waals surface area contributed by atoms with Crippen molar-refractivity contribution in [3.8, 4) is 0 Å². The summed E-state index contributed by atoms with van der Waals surface area (Å²) in [5.74, 6) is 0.142. The lowest BCUT2D eigenvalue weighted by Crippen LogP contribution is -2.31. The van der Waals surface area contributed by atoms with Crippen molar-refractivity contribution in [3.05, 3.63) is 48.5 Å². The van der Waals surface area contributed by atoms with Crippen LogP contribution in [0.25, 0.3) is 11.0 Å². The van der Waals surface area contributed by atoms with Crippen LogP contribution in [0, 0.1) is 0 Å². The number of benzene rings is 1. The second-order valence-electron chi connectivity index (χ2n) is 7.78. The number of imidazole rings is 1. The number of aryl methyl sites for hydroxylation is 2. The standard InChI is InChI=1S/C21H25N5O3/c1-24-15(8-9-23-24)6-7-21(27)25-10-19-20(11-25)29-13-16(12-28-19)26-14-22-17-4-2-3-5-18(17)26/h2-5,8-9,14,16,19-20H,6-7,10-13H2,1H3/t19-,20-/m0/s1. The number of rotatable bonds is 4. The van der Waals surface area contributed by atoms with E-state index in [2.05, 4.69) is 20.7 Å². The van der Waals surface area contributed by atoms with Gasteiger partial charge in [0.2, 0.25) is 5.91 Å². The number of aromatic nitrogens is 4. The summed E-state index contributed by atoms with van der Waals surface area (Å²) in [5.41, 5.74) is 3.13. The van der Waals surface area contributed by atoms with Gasteiger partial charge in [-0.15, -0.1) is 0 Å². The summed E-state index contributed by atoms with van der Waals surface area (Å²) in [6.45, 7) is 2.29. The van der Waals surface area contributed by atoms with E-state index in [0.717, 1.165) is 16.7 Å². The number of ether oxygens (including phenoxy) is 2. The van der Waals surface area contributed by atoms with Crippen molar-refractivity contribution >= 4 is 16.9 Å². The first kappa shape index (κ1) is 18.3. The average molecular weight is 395 g/mol. The molecular weight excluding hydrogens is 370 g/mol. The quantitative estimate of drug-likeness (QED) is 0.670. The summed E-state index contributed by atoms with van der Waals surface area (Å²) in [4.78, 5) is 19.0. The van der Waals surface area contributed by atoms with Gasteiger partial charge in [0.25, 0.3) is 0 Å². The van der Waals surface area contributed by atoms with Crippen LogP contribution in [0.1, 0.15) is 18.2 Å². The first-order valence-corrected chi connectivity index (χ1v) is 10.1. The summed E-state index contributed by atoms with van der Waals surface area (Å²) in [5, 5.41) is 4.15. The minimum atomic E-state index is -0.0737. The van der Waals surface area contributed by atoms with Crippen LogP contribution in [-0.2, 0) is 27.7 Å². The number of nitrogens with zero attached hydrogens (tertiary/aromatic N) is 5. The molecule has 3 aromatic rings. The van der Waals surface area contributed by atoms with E-state index in [-0.39, 0.29) is 24.2 Å². The molecule has 1 amide bonds. The summed E-state index contributed by atoms with van der Waals surface area (Å²) >= 11 is 0. The Morgan fingerprint density at radius 2 is 1.90 bits per heavy atom. The average Bonchev–Trinajstić information content (AvgIpc) is 3.43. The van der Waals surface area contributed by atoms with Crippen LogP contribution in [0.5, 0.6) is 0 Å². The molecule has 0 unspecified atom stereocenters. The molecule has 29 heavy (non-hydrogen) atoms. The van der Waals surface area contributed by atoms with Crippen molar-refractivity contribution in [1.29, 1.82) is 0 Å². The van der Waals surface area contributed by atoms with Crippen LogP contribution in [0.2, 0.25) is 0 Å². The predicted octanol–water partition coefficient (Wildman–Crippen LogP) is 1.57. The molecule has 0 bridgehead atoms. The van der Waals surface area contributed by atoms with Crippen molar-refractivity contribution in [1.82, 2.24) is 24.2 Å². The van der Waals surface area contributed by atoms with Gasteiger partial charge in [0, 0.05) is 38.4 Å². The van der Waals surface area contributed by atoms with Crippen LogP contribution >= 0.6 is 0 Å². The Kier molecular flexibility index (Phi) is 4.81. The molecule has 2 saturated heterocycles. The molecule has 0 spiro atoms. The van der Waals surface area contributed by atoms with Gasteiger partial charge in [0.1, 0.15) is 12.2 Å². The maximum atomic E-state index is 12.7. The molecule has 2 atom stereocenters. The molecular formula is C21H25N5O3. The summed E-state index contributed by atoms with van der Waals surface area (Å²) in [7, 11) is 1.90. The van der Waals surface area contributed by atoms with Gasteiger partial charge >= 0.3 is 0 Å². The fraction of sp³-hybridized carbons (Fsp3) is 0.476. The lowest BCUT2D eigenvalue weighted by Gasteiger charge is -2.20. The van der Waals surface area contributed by atoms with Gasteiger partial charge in [-0.1, -0.05) is 12.1 Å². The Hall–Kier alpha value is -2.71. The van der Waals surface area contributed by atoms with Crippen LogP contribution in [0.15, 0.2) is 42.9 Å². The van der Waals surface area contributed by atoms with Crippen molar-refractivity contribution < 1.29 is 14.3 Å². The van der Waals surface area contributed by atoms with E-state index in [4.69, 9.17) is 9.47 Å². The molecule has 2 fully saturated rings. The molecule has 8 heteroatoms. The molecule has 5 rings (SSSR count). The topological polar surface area (TPSA) is 74.4 Å². The van der Waals surface area contributed by atoms with Crippen molar-refractivity contribution in [2.24, 2.45) is 7.05 Å². The van der Waals surface area contributed by atoms with E-state index in [1.165, 1.54) is 0 Å². The summed E-state index contributed by atoms with van der Waals surface area (Å²) in [6, 6.07) is 10.1. The molecule has 0 saturated carbocycles. The van der Waals surface area contributed by atoms with Crippen LogP contribution in [0.3, 0.4) is 0 Å². The molecule has 0 aliphatic carbocycles. The van der Waals surface area contributed by atoms with Crippen molar-refractivity contribution in [3.63, 3.8) is 0 Å². The summed E-state index contributed by atoms with van der Waals surface area (Å²) in [6.07, 6.45) is 4.64. The third-order valence-electron chi connectivity index (χ3n) is 5.97. The van der Waals surface area contributed by atoms with Gasteiger partial charge in [-0.05, 0) is 24.6 Å². The van der Waals surface area contributed by atoms with E-state index in [1.54, 1.807) is 6.20 Å². The molecule has 2 aliphatic rings. The first-order valence-electron chi connectivity index (χ1n) is 10.1. The zero-order valence-corrected chi connectivity index (χ0v) is 16.5. The second-order valence-corrected chi connectivity index (χ2v) is 7.78. The third-order valence-corrected chi connectivity index (χ3v) is 5.97. The monoisotopic (exact) mass is 395 g/mol. The van der Waals surface area contributed by atoms with Gasteiger partial charge < -0.3 is 18.9 Å². The molecule has 0 radical (unpaired) electrons. The minimum absolute atomic E-state index is 0.0737. The number of hydrogen-bond donors (Lipinski definition) is 0.